The molecule has 0 aliphatic carbocycles. The largest absolute Gasteiger partial charge is 0.393 e. The normalized spacial score (nSPS) is 16.9. The molecule has 1 aliphatic rings. The summed E-state index contributed by atoms with van der Waals surface area (Å²) in [6.45, 7) is 3.91. The van der Waals surface area contributed by atoms with Crippen LogP contribution in [-0.4, -0.2) is 41.3 Å². The number of hydrogen-bond acceptors (Lipinski definition) is 5. The molecule has 1 aliphatic heterocycles. The summed E-state index contributed by atoms with van der Waals surface area (Å²) in [5.74, 6) is 1.95. The van der Waals surface area contributed by atoms with Crippen molar-refractivity contribution in [1.29, 1.82) is 0 Å². The Bertz CT molecular complexity index is 389. The van der Waals surface area contributed by atoms with Crippen molar-refractivity contribution in [2.24, 2.45) is 0 Å². The van der Waals surface area contributed by atoms with Crippen LogP contribution in [0.4, 0.5) is 11.6 Å². The van der Waals surface area contributed by atoms with E-state index in [1.54, 1.807) is 6.33 Å². The summed E-state index contributed by atoms with van der Waals surface area (Å²) in [4.78, 5) is 11.0. The first-order valence-electron chi connectivity index (χ1n) is 6.71. The van der Waals surface area contributed by atoms with Crippen LogP contribution < -0.4 is 10.2 Å². The molecule has 0 aromatic carbocycles. The van der Waals surface area contributed by atoms with E-state index < -0.39 is 0 Å². The molecule has 0 spiro atoms. The maximum atomic E-state index is 9.58. The van der Waals surface area contributed by atoms with Crippen molar-refractivity contribution in [3.63, 3.8) is 0 Å². The number of nitrogens with one attached hydrogen (secondary N) is 1. The Morgan fingerprint density at radius 2 is 2.11 bits per heavy atom. The molecule has 0 bridgehead atoms. The number of piperidine rings is 1. The van der Waals surface area contributed by atoms with Crippen LogP contribution in [0.1, 0.15) is 31.7 Å². The SMILES string of the molecule is CCCc1c(NC)ncnc1N1CCC(O)CC1. The molecule has 2 N–H and O–H groups in total. The van der Waals surface area contributed by atoms with Gasteiger partial charge in [-0.3, -0.25) is 0 Å². The van der Waals surface area contributed by atoms with Gasteiger partial charge in [0, 0.05) is 25.7 Å². The van der Waals surface area contributed by atoms with E-state index in [2.05, 4.69) is 27.1 Å². The summed E-state index contributed by atoms with van der Waals surface area (Å²) < 4.78 is 0. The predicted molar refractivity (Wildman–Crippen MR) is 73.0 cm³/mol. The van der Waals surface area contributed by atoms with Crippen molar-refractivity contribution >= 4 is 11.6 Å². The summed E-state index contributed by atoms with van der Waals surface area (Å²) >= 11 is 0. The lowest BCUT2D eigenvalue weighted by Gasteiger charge is -2.32. The van der Waals surface area contributed by atoms with Crippen LogP contribution in [0.5, 0.6) is 0 Å². The molecule has 2 heterocycles. The number of hydrogen-bond donors (Lipinski definition) is 2. The van der Waals surface area contributed by atoms with Crippen LogP contribution in [0.2, 0.25) is 0 Å². The highest BCUT2D eigenvalue weighted by Crippen LogP contribution is 2.27. The van der Waals surface area contributed by atoms with E-state index in [0.717, 1.165) is 50.4 Å². The van der Waals surface area contributed by atoms with Gasteiger partial charge >= 0.3 is 0 Å². The van der Waals surface area contributed by atoms with Gasteiger partial charge in [0.15, 0.2) is 0 Å². The monoisotopic (exact) mass is 250 g/mol. The molecule has 100 valence electrons. The molecular formula is C13H22N4O. The average molecular weight is 250 g/mol. The van der Waals surface area contributed by atoms with Gasteiger partial charge in [-0.05, 0) is 19.3 Å². The average Bonchev–Trinajstić information content (AvgIpc) is 2.40. The fourth-order valence-electron chi connectivity index (χ4n) is 2.45. The van der Waals surface area contributed by atoms with Gasteiger partial charge in [-0.25, -0.2) is 9.97 Å². The zero-order valence-corrected chi connectivity index (χ0v) is 11.2. The number of nitrogens with zero attached hydrogens (tertiary/aromatic N) is 3. The molecule has 1 aromatic rings. The Kier molecular flexibility index (Phi) is 4.36. The predicted octanol–water partition coefficient (Wildman–Crippen LogP) is 1.43. The third kappa shape index (κ3) is 2.72. The van der Waals surface area contributed by atoms with E-state index in [-0.39, 0.29) is 6.10 Å². The number of aliphatic hydroxyl groups is 1. The Hall–Kier alpha value is -1.36. The van der Waals surface area contributed by atoms with E-state index in [9.17, 15) is 5.11 Å². The van der Waals surface area contributed by atoms with E-state index in [4.69, 9.17) is 0 Å². The van der Waals surface area contributed by atoms with Crippen molar-refractivity contribution in [2.75, 3.05) is 30.4 Å². The number of aromatic nitrogens is 2. The van der Waals surface area contributed by atoms with Crippen LogP contribution in [0, 0.1) is 0 Å². The van der Waals surface area contributed by atoms with Gasteiger partial charge in [0.25, 0.3) is 0 Å². The van der Waals surface area contributed by atoms with Gasteiger partial charge in [-0.15, -0.1) is 0 Å². The summed E-state index contributed by atoms with van der Waals surface area (Å²) in [6, 6.07) is 0. The third-order valence-electron chi connectivity index (χ3n) is 3.42. The molecule has 5 nitrogen and oxygen atoms in total. The summed E-state index contributed by atoms with van der Waals surface area (Å²) in [7, 11) is 1.89. The molecule has 2 rings (SSSR count). The minimum Gasteiger partial charge on any atom is -0.393 e. The van der Waals surface area contributed by atoms with Gasteiger partial charge in [0.1, 0.15) is 18.0 Å². The van der Waals surface area contributed by atoms with Gasteiger partial charge in [0.05, 0.1) is 6.10 Å². The Balaban J connectivity index is 2.25. The summed E-state index contributed by atoms with van der Waals surface area (Å²) in [5, 5.41) is 12.7. The fraction of sp³-hybridized carbons (Fsp3) is 0.692. The van der Waals surface area contributed by atoms with Crippen LogP contribution >= 0.6 is 0 Å². The molecule has 18 heavy (non-hydrogen) atoms. The van der Waals surface area contributed by atoms with E-state index in [1.807, 2.05) is 7.05 Å². The van der Waals surface area contributed by atoms with Crippen molar-refractivity contribution in [2.45, 2.75) is 38.7 Å². The van der Waals surface area contributed by atoms with Gasteiger partial charge < -0.3 is 15.3 Å². The van der Waals surface area contributed by atoms with E-state index in [1.165, 1.54) is 5.56 Å². The molecule has 0 unspecified atom stereocenters. The van der Waals surface area contributed by atoms with E-state index in [0.29, 0.717) is 0 Å². The maximum Gasteiger partial charge on any atom is 0.137 e. The van der Waals surface area contributed by atoms with Crippen LogP contribution in [0.15, 0.2) is 6.33 Å². The van der Waals surface area contributed by atoms with E-state index >= 15 is 0 Å². The first-order chi connectivity index (χ1) is 8.76. The number of anilines is 2. The van der Waals surface area contributed by atoms with Crippen molar-refractivity contribution in [1.82, 2.24) is 9.97 Å². The van der Waals surface area contributed by atoms with Crippen molar-refractivity contribution in [3.05, 3.63) is 11.9 Å². The number of aliphatic hydroxyl groups excluding tert-OH is 1. The standard InChI is InChI=1S/C13H22N4O/c1-3-4-11-12(14-2)15-9-16-13(11)17-7-5-10(18)6-8-17/h9-10,18H,3-8H2,1-2H3,(H,14,15,16). The number of rotatable bonds is 4. The van der Waals surface area contributed by atoms with Crippen LogP contribution in [0.25, 0.3) is 0 Å². The van der Waals surface area contributed by atoms with Crippen LogP contribution in [0.3, 0.4) is 0 Å². The molecular weight excluding hydrogens is 228 g/mol. The smallest absolute Gasteiger partial charge is 0.137 e. The van der Waals surface area contributed by atoms with Gasteiger partial charge in [-0.2, -0.15) is 0 Å². The Labute approximate surface area is 108 Å². The minimum absolute atomic E-state index is 0.151. The molecule has 1 fully saturated rings. The maximum absolute atomic E-state index is 9.58. The second-order valence-corrected chi connectivity index (χ2v) is 4.74. The molecule has 0 atom stereocenters. The first-order valence-corrected chi connectivity index (χ1v) is 6.71. The lowest BCUT2D eigenvalue weighted by Crippen LogP contribution is -2.37. The lowest BCUT2D eigenvalue weighted by molar-refractivity contribution is 0.145. The Morgan fingerprint density at radius 3 is 2.72 bits per heavy atom. The summed E-state index contributed by atoms with van der Waals surface area (Å²) in [5.41, 5.74) is 1.19. The van der Waals surface area contributed by atoms with Gasteiger partial charge in [0.2, 0.25) is 0 Å². The second kappa shape index (κ2) is 6.00. The molecule has 0 amide bonds. The third-order valence-corrected chi connectivity index (χ3v) is 3.42. The lowest BCUT2D eigenvalue weighted by atomic mass is 10.1. The summed E-state index contributed by atoms with van der Waals surface area (Å²) in [6.07, 6.45) is 5.17. The van der Waals surface area contributed by atoms with Crippen molar-refractivity contribution in [3.8, 4) is 0 Å². The quantitative estimate of drug-likeness (QED) is 0.846. The molecule has 0 saturated carbocycles. The topological polar surface area (TPSA) is 61.3 Å². The highest BCUT2D eigenvalue weighted by Gasteiger charge is 2.21. The fourth-order valence-corrected chi connectivity index (χ4v) is 2.45. The van der Waals surface area contributed by atoms with Gasteiger partial charge in [-0.1, -0.05) is 13.3 Å². The Morgan fingerprint density at radius 1 is 1.39 bits per heavy atom. The zero-order valence-electron chi connectivity index (χ0n) is 11.2. The molecule has 1 aromatic heterocycles. The molecule has 0 radical (unpaired) electrons. The minimum atomic E-state index is -0.151. The van der Waals surface area contributed by atoms with Crippen LogP contribution in [-0.2, 0) is 6.42 Å². The highest BCUT2D eigenvalue weighted by molar-refractivity contribution is 5.58. The molecule has 5 heteroatoms. The highest BCUT2D eigenvalue weighted by atomic mass is 16.3. The second-order valence-electron chi connectivity index (χ2n) is 4.74. The molecule has 1 saturated heterocycles. The zero-order chi connectivity index (χ0) is 13.0. The van der Waals surface area contributed by atoms with Crippen molar-refractivity contribution < 1.29 is 5.11 Å². The first kappa shape index (κ1) is 13.1.